The average Bonchev–Trinajstić information content (AvgIpc) is 2.86. The summed E-state index contributed by atoms with van der Waals surface area (Å²) in [6.45, 7) is 3.44. The molecule has 1 aromatic carbocycles. The molecular formula is C20H24N2O2. The van der Waals surface area contributed by atoms with Crippen LogP contribution in [0.3, 0.4) is 0 Å². The molecule has 126 valence electrons. The standard InChI is InChI=1S/C20H24N2O2/c1-3-11-9-22-18-8-15-14-6-12(24)4-5-17(14)21(2)20(15)19(22)7-13(11)16(18)10-23/h3-6,13,16,18-19,23-24H,7-10H2,1-2H3/t13-,16+,18-,19-/m0/s1. The lowest BCUT2D eigenvalue weighted by Gasteiger charge is -2.58. The lowest BCUT2D eigenvalue weighted by Crippen LogP contribution is -2.61. The van der Waals surface area contributed by atoms with Gasteiger partial charge >= 0.3 is 0 Å². The van der Waals surface area contributed by atoms with Gasteiger partial charge in [0.05, 0.1) is 6.04 Å². The van der Waals surface area contributed by atoms with E-state index in [1.807, 2.05) is 12.1 Å². The fraction of sp³-hybridized carbons (Fsp3) is 0.500. The molecule has 1 aromatic heterocycles. The number of piperidine rings is 3. The molecule has 5 atom stereocenters. The Labute approximate surface area is 142 Å². The van der Waals surface area contributed by atoms with Crippen molar-refractivity contribution >= 4 is 10.9 Å². The van der Waals surface area contributed by atoms with Gasteiger partial charge in [-0.3, -0.25) is 4.90 Å². The van der Waals surface area contributed by atoms with E-state index in [2.05, 4.69) is 29.5 Å². The number of aromatic nitrogens is 1. The molecule has 4 aliphatic heterocycles. The molecule has 0 spiro atoms. The predicted molar refractivity (Wildman–Crippen MR) is 94.0 cm³/mol. The summed E-state index contributed by atoms with van der Waals surface area (Å²) in [4.78, 5) is 2.62. The first-order chi connectivity index (χ1) is 11.6. The Morgan fingerprint density at radius 1 is 1.33 bits per heavy atom. The van der Waals surface area contributed by atoms with E-state index < -0.39 is 0 Å². The van der Waals surface area contributed by atoms with Crippen molar-refractivity contribution in [1.29, 1.82) is 0 Å². The van der Waals surface area contributed by atoms with E-state index in [0.717, 1.165) is 19.4 Å². The molecule has 2 N–H and O–H groups in total. The molecule has 4 nitrogen and oxygen atoms in total. The van der Waals surface area contributed by atoms with Gasteiger partial charge in [-0.1, -0.05) is 11.6 Å². The van der Waals surface area contributed by atoms with Crippen LogP contribution in [0.5, 0.6) is 5.75 Å². The van der Waals surface area contributed by atoms with Crippen molar-refractivity contribution in [3.05, 3.63) is 41.1 Å². The van der Waals surface area contributed by atoms with Crippen LogP contribution in [-0.2, 0) is 13.5 Å². The van der Waals surface area contributed by atoms with Crippen LogP contribution >= 0.6 is 0 Å². The lowest BCUT2D eigenvalue weighted by molar-refractivity contribution is -0.0513. The highest BCUT2D eigenvalue weighted by atomic mass is 16.3. The van der Waals surface area contributed by atoms with Crippen molar-refractivity contribution in [2.75, 3.05) is 13.2 Å². The number of aryl methyl sites for hydroxylation is 1. The predicted octanol–water partition coefficient (Wildman–Crippen LogP) is 2.74. The molecule has 24 heavy (non-hydrogen) atoms. The molecule has 0 aliphatic carbocycles. The number of phenols is 1. The maximum atomic E-state index is 10.0. The Morgan fingerprint density at radius 2 is 2.17 bits per heavy atom. The largest absolute Gasteiger partial charge is 0.508 e. The Morgan fingerprint density at radius 3 is 2.92 bits per heavy atom. The zero-order valence-electron chi connectivity index (χ0n) is 14.2. The molecule has 1 unspecified atom stereocenters. The van der Waals surface area contributed by atoms with Gasteiger partial charge in [0.1, 0.15) is 5.75 Å². The van der Waals surface area contributed by atoms with Gasteiger partial charge in [-0.25, -0.2) is 0 Å². The maximum absolute atomic E-state index is 10.0. The summed E-state index contributed by atoms with van der Waals surface area (Å²) in [6.07, 6.45) is 4.34. The minimum absolute atomic E-state index is 0.265. The van der Waals surface area contributed by atoms with Crippen molar-refractivity contribution in [2.24, 2.45) is 18.9 Å². The summed E-state index contributed by atoms with van der Waals surface area (Å²) in [5.41, 5.74) is 5.51. The molecule has 5 heterocycles. The highest BCUT2D eigenvalue weighted by Crippen LogP contribution is 2.54. The van der Waals surface area contributed by atoms with Crippen LogP contribution in [-0.4, -0.2) is 38.9 Å². The normalized spacial score (nSPS) is 35.6. The number of aromatic hydroxyl groups is 1. The van der Waals surface area contributed by atoms with Crippen LogP contribution in [0.15, 0.2) is 29.8 Å². The van der Waals surface area contributed by atoms with Crippen molar-refractivity contribution in [2.45, 2.75) is 31.8 Å². The third-order valence-electron chi connectivity index (χ3n) is 6.80. The maximum Gasteiger partial charge on any atom is 0.116 e. The van der Waals surface area contributed by atoms with Crippen molar-refractivity contribution < 1.29 is 10.2 Å². The van der Waals surface area contributed by atoms with E-state index in [-0.39, 0.29) is 6.61 Å². The van der Waals surface area contributed by atoms with E-state index in [9.17, 15) is 10.2 Å². The Bertz CT molecular complexity index is 866. The van der Waals surface area contributed by atoms with Crippen molar-refractivity contribution in [1.82, 2.24) is 9.47 Å². The molecule has 4 heteroatoms. The number of rotatable bonds is 1. The van der Waals surface area contributed by atoms with Gasteiger partial charge in [0.2, 0.25) is 0 Å². The number of nitrogens with zero attached hydrogens (tertiary/aromatic N) is 2. The van der Waals surface area contributed by atoms with Crippen LogP contribution < -0.4 is 0 Å². The second kappa shape index (κ2) is 4.87. The lowest BCUT2D eigenvalue weighted by atomic mass is 9.64. The highest BCUT2D eigenvalue weighted by molar-refractivity contribution is 5.87. The zero-order chi connectivity index (χ0) is 16.6. The first-order valence-electron chi connectivity index (χ1n) is 8.96. The number of fused-ring (bicyclic) bond motifs is 4. The molecular weight excluding hydrogens is 300 g/mol. The number of benzene rings is 1. The number of hydrogen-bond donors (Lipinski definition) is 2. The fourth-order valence-electron chi connectivity index (χ4n) is 5.75. The van der Waals surface area contributed by atoms with E-state index in [1.54, 1.807) is 6.07 Å². The van der Waals surface area contributed by atoms with Crippen LogP contribution in [0, 0.1) is 11.8 Å². The van der Waals surface area contributed by atoms with Gasteiger partial charge in [0, 0.05) is 48.8 Å². The number of aliphatic hydroxyl groups is 1. The molecule has 3 fully saturated rings. The summed E-state index contributed by atoms with van der Waals surface area (Å²) in [6, 6.07) is 6.58. The second-order valence-electron chi connectivity index (χ2n) is 7.64. The monoisotopic (exact) mass is 324 g/mol. The Balaban J connectivity index is 1.72. The topological polar surface area (TPSA) is 48.6 Å². The molecule has 6 rings (SSSR count). The first kappa shape index (κ1) is 14.6. The van der Waals surface area contributed by atoms with Crippen LogP contribution in [0.4, 0.5) is 0 Å². The van der Waals surface area contributed by atoms with Crippen molar-refractivity contribution in [3.63, 3.8) is 0 Å². The molecule has 0 radical (unpaired) electrons. The highest BCUT2D eigenvalue weighted by Gasteiger charge is 2.52. The van der Waals surface area contributed by atoms with Gasteiger partial charge in [-0.2, -0.15) is 0 Å². The average molecular weight is 324 g/mol. The van der Waals surface area contributed by atoms with E-state index >= 15 is 0 Å². The number of allylic oxidation sites excluding steroid dienone is 1. The van der Waals surface area contributed by atoms with E-state index in [1.165, 1.54) is 27.7 Å². The summed E-state index contributed by atoms with van der Waals surface area (Å²) in [5, 5.41) is 21.2. The third kappa shape index (κ3) is 1.65. The number of hydrogen-bond acceptors (Lipinski definition) is 3. The van der Waals surface area contributed by atoms with Crippen molar-refractivity contribution in [3.8, 4) is 5.75 Å². The molecule has 4 bridgehead atoms. The van der Waals surface area contributed by atoms with Gasteiger partial charge in [0.25, 0.3) is 0 Å². The Kier molecular flexibility index (Phi) is 2.95. The SMILES string of the molecule is CC=C1CN2[C@H]3C[C@@H]1[C@@H](CO)[C@@H]2Cc1c3n(C)c2ccc(O)cc12. The van der Waals surface area contributed by atoms with Crippen LogP contribution in [0.2, 0.25) is 0 Å². The Hall–Kier alpha value is -1.78. The van der Waals surface area contributed by atoms with Gasteiger partial charge in [-0.05, 0) is 49.4 Å². The molecule has 3 saturated heterocycles. The first-order valence-corrected chi connectivity index (χ1v) is 8.96. The van der Waals surface area contributed by atoms with Crippen LogP contribution in [0.25, 0.3) is 10.9 Å². The third-order valence-corrected chi connectivity index (χ3v) is 6.80. The molecule has 0 amide bonds. The minimum atomic E-state index is 0.265. The van der Waals surface area contributed by atoms with Crippen LogP contribution in [0.1, 0.15) is 30.6 Å². The summed E-state index contributed by atoms with van der Waals surface area (Å²) in [7, 11) is 2.15. The minimum Gasteiger partial charge on any atom is -0.508 e. The summed E-state index contributed by atoms with van der Waals surface area (Å²) >= 11 is 0. The summed E-state index contributed by atoms with van der Waals surface area (Å²) in [5.74, 6) is 1.19. The smallest absolute Gasteiger partial charge is 0.116 e. The molecule has 2 aromatic rings. The van der Waals surface area contributed by atoms with Gasteiger partial charge < -0.3 is 14.8 Å². The molecule has 4 aliphatic rings. The number of aliphatic hydroxyl groups excluding tert-OH is 1. The van der Waals surface area contributed by atoms with E-state index in [4.69, 9.17) is 0 Å². The zero-order valence-corrected chi connectivity index (χ0v) is 14.2. The summed E-state index contributed by atoms with van der Waals surface area (Å²) < 4.78 is 2.33. The van der Waals surface area contributed by atoms with Gasteiger partial charge in [0.15, 0.2) is 0 Å². The number of phenolic OH excluding ortho intramolecular Hbond substituents is 1. The fourth-order valence-corrected chi connectivity index (χ4v) is 5.75. The van der Waals surface area contributed by atoms with E-state index in [0.29, 0.717) is 29.7 Å². The van der Waals surface area contributed by atoms with Gasteiger partial charge in [-0.15, -0.1) is 0 Å². The second-order valence-corrected chi connectivity index (χ2v) is 7.64. The quantitative estimate of drug-likeness (QED) is 0.793. The molecule has 0 saturated carbocycles.